The molecule has 4 rings (SSSR count). The predicted octanol–water partition coefficient (Wildman–Crippen LogP) is 2.51. The molecule has 0 bridgehead atoms. The standard InChI is InChI=1S/C20H17FN4O2/c1-11-15-16(12-7-9-13(21)10-8-12)17(18(22)26)20(27)23-19(15)25(24-11)14-5-3-2-4-6-14/h2-10,16-17H,1H3,(H2,22,26)(H,23,27)/t16-,17+/m0/s1. The molecule has 0 fully saturated rings. The first kappa shape index (κ1) is 17.0. The van der Waals surface area contributed by atoms with Gasteiger partial charge in [0.25, 0.3) is 0 Å². The summed E-state index contributed by atoms with van der Waals surface area (Å²) in [6, 6.07) is 15.1. The van der Waals surface area contributed by atoms with Gasteiger partial charge < -0.3 is 11.1 Å². The van der Waals surface area contributed by atoms with Gasteiger partial charge in [-0.3, -0.25) is 9.59 Å². The minimum atomic E-state index is -1.10. The number of aryl methyl sites for hydroxylation is 1. The molecule has 2 amide bonds. The normalized spacial score (nSPS) is 18.7. The summed E-state index contributed by atoms with van der Waals surface area (Å²) in [5, 5.41) is 7.34. The van der Waals surface area contributed by atoms with E-state index in [1.165, 1.54) is 12.1 Å². The van der Waals surface area contributed by atoms with Crippen molar-refractivity contribution in [2.75, 3.05) is 5.32 Å². The summed E-state index contributed by atoms with van der Waals surface area (Å²) in [6.45, 7) is 1.81. The second-order valence-corrected chi connectivity index (χ2v) is 6.49. The van der Waals surface area contributed by atoms with Crippen molar-refractivity contribution >= 4 is 17.6 Å². The van der Waals surface area contributed by atoms with Crippen LogP contribution in [0, 0.1) is 18.7 Å². The minimum absolute atomic E-state index is 0.397. The molecule has 0 spiro atoms. The maximum atomic E-state index is 13.4. The maximum Gasteiger partial charge on any atom is 0.239 e. The van der Waals surface area contributed by atoms with Gasteiger partial charge in [0.05, 0.1) is 11.4 Å². The van der Waals surface area contributed by atoms with Gasteiger partial charge in [-0.1, -0.05) is 30.3 Å². The number of nitrogens with zero attached hydrogens (tertiary/aromatic N) is 2. The van der Waals surface area contributed by atoms with Gasteiger partial charge in [-0.25, -0.2) is 9.07 Å². The summed E-state index contributed by atoms with van der Waals surface area (Å²) in [5.41, 5.74) is 8.31. The first-order valence-electron chi connectivity index (χ1n) is 8.48. The van der Waals surface area contributed by atoms with Gasteiger partial charge >= 0.3 is 0 Å². The summed E-state index contributed by atoms with van der Waals surface area (Å²) in [4.78, 5) is 24.8. The smallest absolute Gasteiger partial charge is 0.239 e. The van der Waals surface area contributed by atoms with E-state index in [2.05, 4.69) is 10.4 Å². The zero-order valence-electron chi connectivity index (χ0n) is 14.5. The van der Waals surface area contributed by atoms with E-state index < -0.39 is 29.5 Å². The summed E-state index contributed by atoms with van der Waals surface area (Å²) in [5.74, 6) is -2.87. The van der Waals surface area contributed by atoms with Gasteiger partial charge in [0.1, 0.15) is 17.6 Å². The Kier molecular flexibility index (Phi) is 3.99. The molecule has 3 aromatic rings. The highest BCUT2D eigenvalue weighted by molar-refractivity contribution is 6.09. The van der Waals surface area contributed by atoms with Crippen molar-refractivity contribution < 1.29 is 14.0 Å². The summed E-state index contributed by atoms with van der Waals surface area (Å²) in [6.07, 6.45) is 0. The summed E-state index contributed by atoms with van der Waals surface area (Å²) in [7, 11) is 0. The zero-order valence-corrected chi connectivity index (χ0v) is 14.5. The summed E-state index contributed by atoms with van der Waals surface area (Å²) < 4.78 is 15.0. The van der Waals surface area contributed by atoms with E-state index in [1.54, 1.807) is 16.8 Å². The quantitative estimate of drug-likeness (QED) is 0.700. The van der Waals surface area contributed by atoms with Crippen molar-refractivity contribution in [3.05, 3.63) is 77.2 Å². The molecule has 0 radical (unpaired) electrons. The number of rotatable bonds is 3. The van der Waals surface area contributed by atoms with Gasteiger partial charge in [0.15, 0.2) is 0 Å². The lowest BCUT2D eigenvalue weighted by molar-refractivity contribution is -0.131. The molecule has 1 aliphatic rings. The van der Waals surface area contributed by atoms with E-state index in [4.69, 9.17) is 5.73 Å². The Morgan fingerprint density at radius 3 is 2.44 bits per heavy atom. The molecule has 0 saturated carbocycles. The fourth-order valence-electron chi connectivity index (χ4n) is 3.62. The molecule has 7 heteroatoms. The summed E-state index contributed by atoms with van der Waals surface area (Å²) >= 11 is 0. The average Bonchev–Trinajstić information content (AvgIpc) is 2.98. The molecule has 1 aliphatic heterocycles. The fourth-order valence-corrected chi connectivity index (χ4v) is 3.62. The molecule has 136 valence electrons. The molecule has 2 atom stereocenters. The Balaban J connectivity index is 1.95. The lowest BCUT2D eigenvalue weighted by Crippen LogP contribution is -2.42. The monoisotopic (exact) mass is 364 g/mol. The van der Waals surface area contributed by atoms with E-state index in [1.807, 2.05) is 37.3 Å². The van der Waals surface area contributed by atoms with Crippen molar-refractivity contribution in [3.63, 3.8) is 0 Å². The number of amides is 2. The van der Waals surface area contributed by atoms with Crippen LogP contribution in [0.5, 0.6) is 0 Å². The van der Waals surface area contributed by atoms with Crippen LogP contribution in [0.25, 0.3) is 5.69 Å². The van der Waals surface area contributed by atoms with Crippen LogP contribution in [0.1, 0.15) is 22.7 Å². The molecule has 27 heavy (non-hydrogen) atoms. The molecule has 0 aliphatic carbocycles. The van der Waals surface area contributed by atoms with Crippen LogP contribution >= 0.6 is 0 Å². The number of hydrogen-bond donors (Lipinski definition) is 2. The fraction of sp³-hybridized carbons (Fsp3) is 0.150. The number of aromatic nitrogens is 2. The van der Waals surface area contributed by atoms with Crippen LogP contribution in [-0.2, 0) is 9.59 Å². The lowest BCUT2D eigenvalue weighted by atomic mass is 9.77. The Labute approximate surface area is 154 Å². The number of para-hydroxylation sites is 1. The third-order valence-electron chi connectivity index (χ3n) is 4.81. The zero-order chi connectivity index (χ0) is 19.1. The number of nitrogens with one attached hydrogen (secondary N) is 1. The van der Waals surface area contributed by atoms with Gasteiger partial charge in [0.2, 0.25) is 11.8 Å². The second kappa shape index (κ2) is 6.35. The third-order valence-corrected chi connectivity index (χ3v) is 4.81. The number of hydrogen-bond acceptors (Lipinski definition) is 3. The second-order valence-electron chi connectivity index (χ2n) is 6.49. The minimum Gasteiger partial charge on any atom is -0.369 e. The number of primary amides is 1. The number of fused-ring (bicyclic) bond motifs is 1. The van der Waals surface area contributed by atoms with E-state index in [9.17, 15) is 14.0 Å². The van der Waals surface area contributed by atoms with E-state index in [0.29, 0.717) is 22.6 Å². The van der Waals surface area contributed by atoms with Crippen molar-refractivity contribution in [3.8, 4) is 5.69 Å². The average molecular weight is 364 g/mol. The highest BCUT2D eigenvalue weighted by atomic mass is 19.1. The molecular weight excluding hydrogens is 347 g/mol. The number of halogens is 1. The SMILES string of the molecule is Cc1nn(-c2ccccc2)c2c1[C@H](c1ccc(F)cc1)[C@H](C(N)=O)C(=O)N2. The van der Waals surface area contributed by atoms with Crippen LogP contribution in [0.2, 0.25) is 0 Å². The molecule has 0 unspecified atom stereocenters. The molecule has 3 N–H and O–H groups in total. The van der Waals surface area contributed by atoms with E-state index in [-0.39, 0.29) is 0 Å². The number of carbonyl (C=O) groups is 2. The number of anilines is 1. The lowest BCUT2D eigenvalue weighted by Gasteiger charge is -2.30. The van der Waals surface area contributed by atoms with E-state index >= 15 is 0 Å². The van der Waals surface area contributed by atoms with Crippen LogP contribution in [0.3, 0.4) is 0 Å². The van der Waals surface area contributed by atoms with Crippen molar-refractivity contribution in [1.29, 1.82) is 0 Å². The first-order chi connectivity index (χ1) is 13.0. The number of benzene rings is 2. The van der Waals surface area contributed by atoms with E-state index in [0.717, 1.165) is 5.69 Å². The van der Waals surface area contributed by atoms with Crippen molar-refractivity contribution in [2.24, 2.45) is 11.7 Å². The van der Waals surface area contributed by atoms with Crippen LogP contribution in [0.4, 0.5) is 10.2 Å². The van der Waals surface area contributed by atoms with Crippen LogP contribution in [-0.4, -0.2) is 21.6 Å². The van der Waals surface area contributed by atoms with Crippen LogP contribution < -0.4 is 11.1 Å². The highest BCUT2D eigenvalue weighted by Gasteiger charge is 2.43. The van der Waals surface area contributed by atoms with Gasteiger partial charge in [0, 0.05) is 11.5 Å². The number of carbonyl (C=O) groups excluding carboxylic acids is 2. The number of nitrogens with two attached hydrogens (primary N) is 1. The van der Waals surface area contributed by atoms with Crippen molar-refractivity contribution in [2.45, 2.75) is 12.8 Å². The Bertz CT molecular complexity index is 1030. The maximum absolute atomic E-state index is 13.4. The van der Waals surface area contributed by atoms with Gasteiger partial charge in [-0.2, -0.15) is 5.10 Å². The van der Waals surface area contributed by atoms with Gasteiger partial charge in [-0.05, 0) is 36.8 Å². The molecular formula is C20H17FN4O2. The Morgan fingerprint density at radius 2 is 1.81 bits per heavy atom. The molecule has 2 aromatic carbocycles. The molecule has 2 heterocycles. The molecule has 6 nitrogen and oxygen atoms in total. The Hall–Kier alpha value is -3.48. The van der Waals surface area contributed by atoms with Gasteiger partial charge in [-0.15, -0.1) is 0 Å². The predicted molar refractivity (Wildman–Crippen MR) is 97.9 cm³/mol. The largest absolute Gasteiger partial charge is 0.369 e. The highest BCUT2D eigenvalue weighted by Crippen LogP contribution is 2.43. The molecule has 1 aromatic heterocycles. The van der Waals surface area contributed by atoms with Crippen LogP contribution in [0.15, 0.2) is 54.6 Å². The topological polar surface area (TPSA) is 90.0 Å². The first-order valence-corrected chi connectivity index (χ1v) is 8.48. The van der Waals surface area contributed by atoms with Crippen molar-refractivity contribution in [1.82, 2.24) is 9.78 Å². The third kappa shape index (κ3) is 2.77. The molecule has 0 saturated heterocycles. The Morgan fingerprint density at radius 1 is 1.15 bits per heavy atom.